The van der Waals surface area contributed by atoms with Crippen molar-refractivity contribution in [3.8, 4) is 11.5 Å². The molecule has 43 heavy (non-hydrogen) atoms. The van der Waals surface area contributed by atoms with Crippen LogP contribution >= 0.6 is 0 Å². The first-order valence-corrected chi connectivity index (χ1v) is 18.7. The van der Waals surface area contributed by atoms with Crippen LogP contribution in [-0.4, -0.2) is 10.2 Å². The number of hydrogen-bond acceptors (Lipinski definition) is 2. The Morgan fingerprint density at radius 3 is 1.12 bits per heavy atom. The molecule has 0 aliphatic carbocycles. The number of benzene rings is 2. The van der Waals surface area contributed by atoms with E-state index in [1.807, 2.05) is 12.1 Å². The average molecular weight is 593 g/mol. The molecular weight excluding hydrogens is 524 g/mol. The lowest BCUT2D eigenvalue weighted by atomic mass is 9.84. The minimum absolute atomic E-state index is 0.307. The first-order valence-electron chi connectivity index (χ1n) is 18.7. The van der Waals surface area contributed by atoms with Gasteiger partial charge in [-0.15, -0.1) is 0 Å². The first kappa shape index (κ1) is 37.2. The van der Waals surface area contributed by atoms with E-state index in [2.05, 4.69) is 45.0 Å². The molecule has 0 heterocycles. The van der Waals surface area contributed by atoms with Gasteiger partial charge in [-0.1, -0.05) is 173 Å². The molecule has 0 fully saturated rings. The van der Waals surface area contributed by atoms with Gasteiger partial charge in [0.15, 0.2) is 0 Å². The molecule has 244 valence electrons. The van der Waals surface area contributed by atoms with Crippen molar-refractivity contribution >= 4 is 0 Å². The van der Waals surface area contributed by atoms with Crippen molar-refractivity contribution in [3.63, 3.8) is 0 Å². The number of hydrogen-bond donors (Lipinski definition) is 2. The molecule has 0 unspecified atom stereocenters. The van der Waals surface area contributed by atoms with Crippen LogP contribution in [0, 0.1) is 0 Å². The predicted octanol–water partition coefficient (Wildman–Crippen LogP) is 13.3. The van der Waals surface area contributed by atoms with Crippen LogP contribution in [-0.2, 0) is 12.8 Å². The minimum atomic E-state index is 0.307. The fourth-order valence-electron chi connectivity index (χ4n) is 6.60. The third kappa shape index (κ3) is 16.1. The molecule has 0 aliphatic heterocycles. The monoisotopic (exact) mass is 593 g/mol. The van der Waals surface area contributed by atoms with Crippen molar-refractivity contribution < 1.29 is 10.2 Å². The van der Waals surface area contributed by atoms with E-state index in [9.17, 15) is 10.2 Å². The Balaban J connectivity index is 2.08. The van der Waals surface area contributed by atoms with Gasteiger partial charge in [-0.25, -0.2) is 0 Å². The normalized spacial score (nSPS) is 11.5. The fourth-order valence-corrected chi connectivity index (χ4v) is 6.60. The van der Waals surface area contributed by atoms with Crippen LogP contribution in [0.25, 0.3) is 0 Å². The molecule has 2 aromatic rings. The summed E-state index contributed by atoms with van der Waals surface area (Å²) >= 11 is 0. The highest BCUT2D eigenvalue weighted by atomic mass is 16.3. The second-order valence-electron chi connectivity index (χ2n) is 13.3. The lowest BCUT2D eigenvalue weighted by Gasteiger charge is -2.21. The molecule has 0 spiro atoms. The zero-order valence-corrected chi connectivity index (χ0v) is 28.6. The van der Waals surface area contributed by atoms with Crippen LogP contribution in [0.3, 0.4) is 0 Å². The zero-order chi connectivity index (χ0) is 31.0. The van der Waals surface area contributed by atoms with E-state index in [4.69, 9.17) is 0 Å². The Morgan fingerprint density at radius 2 is 0.744 bits per heavy atom. The Labute approximate surface area is 267 Å². The molecule has 0 amide bonds. The van der Waals surface area contributed by atoms with Gasteiger partial charge in [-0.3, -0.25) is 0 Å². The van der Waals surface area contributed by atoms with E-state index < -0.39 is 0 Å². The molecule has 2 rings (SSSR count). The maximum atomic E-state index is 10.7. The molecule has 2 nitrogen and oxygen atoms in total. The van der Waals surface area contributed by atoms with Crippen molar-refractivity contribution in [2.24, 2.45) is 0 Å². The Bertz CT molecular complexity index is 881. The number of unbranched alkanes of at least 4 members (excludes halogenated alkanes) is 19. The third-order valence-corrected chi connectivity index (χ3v) is 9.46. The van der Waals surface area contributed by atoms with Crippen LogP contribution in [0.2, 0.25) is 0 Å². The first-order chi connectivity index (χ1) is 21.1. The van der Waals surface area contributed by atoms with E-state index >= 15 is 0 Å². The number of phenolic OH excluding ortho intramolecular Hbond substituents is 2. The van der Waals surface area contributed by atoms with Gasteiger partial charge in [0.1, 0.15) is 11.5 Å². The van der Waals surface area contributed by atoms with Gasteiger partial charge in [0.25, 0.3) is 0 Å². The summed E-state index contributed by atoms with van der Waals surface area (Å²) in [5.41, 5.74) is 4.86. The Morgan fingerprint density at radius 1 is 0.419 bits per heavy atom. The van der Waals surface area contributed by atoms with Crippen molar-refractivity contribution in [1.82, 2.24) is 0 Å². The Kier molecular flexibility index (Phi) is 21.1. The number of aryl methyl sites for hydroxylation is 2. The Hall–Kier alpha value is -1.96. The maximum Gasteiger partial charge on any atom is 0.118 e. The largest absolute Gasteiger partial charge is 0.508 e. The summed E-state index contributed by atoms with van der Waals surface area (Å²) in [5, 5.41) is 21.5. The molecule has 0 bridgehead atoms. The lowest BCUT2D eigenvalue weighted by molar-refractivity contribution is 0.464. The molecule has 2 N–H and O–H groups in total. The van der Waals surface area contributed by atoms with Gasteiger partial charge >= 0.3 is 0 Å². The van der Waals surface area contributed by atoms with Gasteiger partial charge < -0.3 is 10.2 Å². The van der Waals surface area contributed by atoms with Crippen molar-refractivity contribution in [2.45, 2.75) is 187 Å². The van der Waals surface area contributed by atoms with Gasteiger partial charge in [0.05, 0.1) is 0 Å². The van der Waals surface area contributed by atoms with E-state index in [1.54, 1.807) is 0 Å². The number of rotatable bonds is 27. The van der Waals surface area contributed by atoms with Gasteiger partial charge in [-0.2, -0.15) is 0 Å². The minimum Gasteiger partial charge on any atom is -0.508 e. The highest BCUT2D eigenvalue weighted by Crippen LogP contribution is 2.35. The predicted molar refractivity (Wildman–Crippen MR) is 189 cm³/mol. The third-order valence-electron chi connectivity index (χ3n) is 9.46. The summed E-state index contributed by atoms with van der Waals surface area (Å²) in [6.07, 6.45) is 31.7. The molecule has 2 aromatic carbocycles. The number of aromatic hydroxyl groups is 2. The maximum absolute atomic E-state index is 10.7. The lowest BCUT2D eigenvalue weighted by Crippen LogP contribution is -2.04. The van der Waals surface area contributed by atoms with Gasteiger partial charge in [0, 0.05) is 5.92 Å². The molecule has 0 aromatic heterocycles. The SMILES string of the molecule is CCCCCCCCCCC(c1ccc(O)c(CCCCCCCCC)c1)c1ccc(O)c(CCCCCCCCC)c1. The van der Waals surface area contributed by atoms with E-state index in [0.717, 1.165) is 43.2 Å². The zero-order valence-electron chi connectivity index (χ0n) is 28.6. The number of phenols is 2. The molecule has 0 saturated heterocycles. The second kappa shape index (κ2) is 24.4. The summed E-state index contributed by atoms with van der Waals surface area (Å²) in [5.74, 6) is 1.21. The van der Waals surface area contributed by atoms with E-state index in [-0.39, 0.29) is 0 Å². The van der Waals surface area contributed by atoms with Crippen LogP contribution in [0.15, 0.2) is 36.4 Å². The fraction of sp³-hybridized carbons (Fsp3) is 0.707. The van der Waals surface area contributed by atoms with E-state index in [0.29, 0.717) is 17.4 Å². The van der Waals surface area contributed by atoms with Gasteiger partial charge in [0.2, 0.25) is 0 Å². The topological polar surface area (TPSA) is 40.5 Å². The quantitative estimate of drug-likeness (QED) is 0.101. The van der Waals surface area contributed by atoms with Crippen molar-refractivity contribution in [3.05, 3.63) is 58.7 Å². The van der Waals surface area contributed by atoms with Crippen LogP contribution in [0.4, 0.5) is 0 Å². The van der Waals surface area contributed by atoms with Gasteiger partial charge in [-0.05, 0) is 66.5 Å². The highest BCUT2D eigenvalue weighted by Gasteiger charge is 2.18. The van der Waals surface area contributed by atoms with Crippen molar-refractivity contribution in [1.29, 1.82) is 0 Å². The molecule has 0 atom stereocenters. The molecule has 0 radical (unpaired) electrons. The summed E-state index contributed by atoms with van der Waals surface area (Å²) in [6, 6.07) is 12.8. The molecular formula is C41H68O2. The highest BCUT2D eigenvalue weighted by molar-refractivity contribution is 5.44. The average Bonchev–Trinajstić information content (AvgIpc) is 3.01. The van der Waals surface area contributed by atoms with Crippen LogP contribution < -0.4 is 0 Å². The summed E-state index contributed by atoms with van der Waals surface area (Å²) in [6.45, 7) is 6.83. The second-order valence-corrected chi connectivity index (χ2v) is 13.3. The summed E-state index contributed by atoms with van der Waals surface area (Å²) in [4.78, 5) is 0. The van der Waals surface area contributed by atoms with Crippen molar-refractivity contribution in [2.75, 3.05) is 0 Å². The van der Waals surface area contributed by atoms with Crippen LogP contribution in [0.5, 0.6) is 11.5 Å². The molecule has 2 heteroatoms. The smallest absolute Gasteiger partial charge is 0.118 e. The molecule has 0 saturated carbocycles. The van der Waals surface area contributed by atoms with Crippen LogP contribution in [0.1, 0.15) is 197 Å². The summed E-state index contributed by atoms with van der Waals surface area (Å²) in [7, 11) is 0. The standard InChI is InChI=1S/C41H68O2/c1-4-7-10-13-16-19-22-25-28-39(35-29-31-40(42)37(33-35)26-23-20-17-14-11-8-5-2)36-30-32-41(43)38(34-36)27-24-21-18-15-12-9-6-3/h29-34,39,42-43H,4-28H2,1-3H3. The van der Waals surface area contributed by atoms with E-state index in [1.165, 1.54) is 140 Å². The summed E-state index contributed by atoms with van der Waals surface area (Å²) < 4.78 is 0. The molecule has 0 aliphatic rings.